The van der Waals surface area contributed by atoms with Crippen molar-refractivity contribution < 1.29 is 13.2 Å². The largest absolute Gasteiger partial charge is 0.317 e. The van der Waals surface area contributed by atoms with Crippen LogP contribution in [0.1, 0.15) is 30.2 Å². The van der Waals surface area contributed by atoms with Gasteiger partial charge in [-0.1, -0.05) is 37.3 Å². The fraction of sp³-hybridized carbons (Fsp3) is 0.308. The Balaban J connectivity index is 1.36. The van der Waals surface area contributed by atoms with E-state index in [2.05, 4.69) is 23.2 Å². The number of carbonyl (C=O) groups is 1. The van der Waals surface area contributed by atoms with E-state index in [1.54, 1.807) is 53.0 Å². The van der Waals surface area contributed by atoms with Crippen LogP contribution in [0.4, 0.5) is 5.00 Å². The van der Waals surface area contributed by atoms with Gasteiger partial charge in [0.1, 0.15) is 10.0 Å². The lowest BCUT2D eigenvalue weighted by Crippen LogP contribution is -2.29. The van der Waals surface area contributed by atoms with Crippen molar-refractivity contribution in [2.75, 3.05) is 24.2 Å². The van der Waals surface area contributed by atoms with E-state index in [1.165, 1.54) is 10.4 Å². The average molecular weight is 526 g/mol. The topological polar surface area (TPSA) is 79.4 Å². The second-order valence-corrected chi connectivity index (χ2v) is 12.8. The first-order chi connectivity index (χ1) is 16.9. The highest BCUT2D eigenvalue weighted by atomic mass is 32.2. The summed E-state index contributed by atoms with van der Waals surface area (Å²) in [6.45, 7) is 5.02. The van der Waals surface area contributed by atoms with Gasteiger partial charge in [0, 0.05) is 30.0 Å². The minimum absolute atomic E-state index is 0.0540. The molecule has 0 unspecified atom stereocenters. The number of hydrogen-bond donors (Lipinski definition) is 1. The van der Waals surface area contributed by atoms with Gasteiger partial charge in [0.25, 0.3) is 0 Å². The van der Waals surface area contributed by atoms with Crippen LogP contribution in [0, 0.1) is 0 Å². The van der Waals surface area contributed by atoms with E-state index in [4.69, 9.17) is 4.98 Å². The maximum absolute atomic E-state index is 12.9. The molecule has 0 atom stereocenters. The fourth-order valence-electron chi connectivity index (χ4n) is 4.38. The Labute approximate surface area is 213 Å². The number of rotatable bonds is 8. The molecule has 4 aromatic rings. The van der Waals surface area contributed by atoms with Crippen molar-refractivity contribution >= 4 is 53.6 Å². The summed E-state index contributed by atoms with van der Waals surface area (Å²) in [5.41, 5.74) is 3.27. The van der Waals surface area contributed by atoms with Gasteiger partial charge in [0.2, 0.25) is 5.91 Å². The molecule has 0 radical (unpaired) electrons. The molecule has 2 aromatic carbocycles. The fourth-order valence-corrected chi connectivity index (χ4v) is 8.13. The van der Waals surface area contributed by atoms with Crippen molar-refractivity contribution in [3.63, 3.8) is 0 Å². The summed E-state index contributed by atoms with van der Waals surface area (Å²) in [5.74, 6) is -0.219. The zero-order valence-electron chi connectivity index (χ0n) is 19.5. The molecule has 1 aliphatic rings. The van der Waals surface area contributed by atoms with Gasteiger partial charge in [-0.2, -0.15) is 0 Å². The van der Waals surface area contributed by atoms with Crippen LogP contribution in [0.15, 0.2) is 59.5 Å². The Morgan fingerprint density at radius 3 is 2.63 bits per heavy atom. The lowest BCUT2D eigenvalue weighted by Gasteiger charge is -2.25. The Morgan fingerprint density at radius 2 is 1.86 bits per heavy atom. The summed E-state index contributed by atoms with van der Waals surface area (Å²) in [6, 6.07) is 16.5. The van der Waals surface area contributed by atoms with Gasteiger partial charge in [-0.25, -0.2) is 13.4 Å². The number of carbonyl (C=O) groups excluding carboxylic acids is 1. The molecule has 0 bridgehead atoms. The van der Waals surface area contributed by atoms with Crippen LogP contribution in [0.3, 0.4) is 0 Å². The number of aromatic nitrogens is 1. The Morgan fingerprint density at radius 1 is 1.09 bits per heavy atom. The molecule has 1 aliphatic heterocycles. The number of fused-ring (bicyclic) bond motifs is 2. The molecule has 35 heavy (non-hydrogen) atoms. The normalized spacial score (nSPS) is 14.2. The standard InChI is InChI=1S/C26H27N3O3S3/c1-2-29-15-14-19-22(17-29)34-26(24(19)25-27-20-11-6-7-12-21(20)33-25)28-23(30)13-8-16-35(31,32)18-9-4-3-5-10-18/h3-7,9-12H,2,8,13-17H2,1H3,(H,28,30). The molecule has 0 saturated carbocycles. The van der Waals surface area contributed by atoms with Crippen LogP contribution in [0.5, 0.6) is 0 Å². The number of nitrogens with one attached hydrogen (secondary N) is 1. The van der Waals surface area contributed by atoms with E-state index in [0.29, 0.717) is 4.90 Å². The summed E-state index contributed by atoms with van der Waals surface area (Å²) in [6.07, 6.45) is 1.35. The van der Waals surface area contributed by atoms with Gasteiger partial charge in [-0.15, -0.1) is 22.7 Å². The van der Waals surface area contributed by atoms with E-state index in [9.17, 15) is 13.2 Å². The number of hydrogen-bond acceptors (Lipinski definition) is 7. The van der Waals surface area contributed by atoms with Crippen LogP contribution >= 0.6 is 22.7 Å². The number of para-hydroxylation sites is 1. The molecule has 5 rings (SSSR count). The maximum atomic E-state index is 12.9. The van der Waals surface area contributed by atoms with Crippen molar-refractivity contribution in [2.45, 2.75) is 37.6 Å². The van der Waals surface area contributed by atoms with Crippen LogP contribution in [-0.4, -0.2) is 43.1 Å². The van der Waals surface area contributed by atoms with Crippen molar-refractivity contribution in [3.8, 4) is 10.6 Å². The van der Waals surface area contributed by atoms with Gasteiger partial charge >= 0.3 is 0 Å². The molecular formula is C26H27N3O3S3. The first-order valence-corrected chi connectivity index (χ1v) is 15.0. The number of thiophene rings is 1. The quantitative estimate of drug-likeness (QED) is 0.324. The number of likely N-dealkylation sites (N-methyl/N-ethyl adjacent to an activating group) is 1. The third kappa shape index (κ3) is 5.18. The molecule has 2 aromatic heterocycles. The van der Waals surface area contributed by atoms with Gasteiger partial charge in [-0.05, 0) is 49.2 Å². The number of benzene rings is 2. The van der Waals surface area contributed by atoms with Crippen molar-refractivity contribution in [3.05, 3.63) is 65.0 Å². The number of sulfone groups is 1. The summed E-state index contributed by atoms with van der Waals surface area (Å²) >= 11 is 3.27. The van der Waals surface area contributed by atoms with Gasteiger partial charge in [-0.3, -0.25) is 9.69 Å². The monoisotopic (exact) mass is 525 g/mol. The number of thiazole rings is 1. The van der Waals surface area contributed by atoms with Gasteiger partial charge < -0.3 is 5.32 Å². The molecule has 1 amide bonds. The molecule has 6 nitrogen and oxygen atoms in total. The van der Waals surface area contributed by atoms with Crippen molar-refractivity contribution in [1.29, 1.82) is 0 Å². The minimum atomic E-state index is -3.40. The third-order valence-electron chi connectivity index (χ3n) is 6.26. The molecule has 3 heterocycles. The minimum Gasteiger partial charge on any atom is -0.317 e. The van der Waals surface area contributed by atoms with Gasteiger partial charge in [0.05, 0.1) is 20.9 Å². The molecule has 182 valence electrons. The summed E-state index contributed by atoms with van der Waals surface area (Å²) in [7, 11) is -3.40. The molecule has 0 spiro atoms. The number of amides is 1. The first-order valence-electron chi connectivity index (χ1n) is 11.7. The Bertz CT molecular complexity index is 1430. The molecule has 1 N–H and O–H groups in total. The van der Waals surface area contributed by atoms with E-state index >= 15 is 0 Å². The lowest BCUT2D eigenvalue weighted by atomic mass is 10.0. The molecule has 0 aliphatic carbocycles. The lowest BCUT2D eigenvalue weighted by molar-refractivity contribution is -0.116. The summed E-state index contributed by atoms with van der Waals surface area (Å²) in [4.78, 5) is 21.7. The second kappa shape index (κ2) is 10.2. The Hall–Kier alpha value is -2.59. The van der Waals surface area contributed by atoms with Crippen LogP contribution in [-0.2, 0) is 27.6 Å². The van der Waals surface area contributed by atoms with Crippen molar-refractivity contribution in [1.82, 2.24) is 9.88 Å². The average Bonchev–Trinajstić information content (AvgIpc) is 3.44. The highest BCUT2D eigenvalue weighted by molar-refractivity contribution is 7.91. The number of anilines is 1. The predicted molar refractivity (Wildman–Crippen MR) is 144 cm³/mol. The van der Waals surface area contributed by atoms with E-state index < -0.39 is 9.84 Å². The molecule has 9 heteroatoms. The number of nitrogens with zero attached hydrogens (tertiary/aromatic N) is 2. The summed E-state index contributed by atoms with van der Waals surface area (Å²) < 4.78 is 26.2. The van der Waals surface area contributed by atoms with Crippen LogP contribution in [0.25, 0.3) is 20.8 Å². The Kier molecular flexibility index (Phi) is 7.02. The van der Waals surface area contributed by atoms with E-state index in [1.807, 2.05) is 18.2 Å². The smallest absolute Gasteiger partial charge is 0.225 e. The molecule has 0 fully saturated rings. The third-order valence-corrected chi connectivity index (χ3v) is 10.3. The second-order valence-electron chi connectivity index (χ2n) is 8.60. The van der Waals surface area contributed by atoms with Gasteiger partial charge in [0.15, 0.2) is 9.84 Å². The van der Waals surface area contributed by atoms with E-state index in [0.717, 1.165) is 51.8 Å². The molecule has 0 saturated heterocycles. The van der Waals surface area contributed by atoms with Crippen molar-refractivity contribution in [2.24, 2.45) is 0 Å². The zero-order valence-corrected chi connectivity index (χ0v) is 21.9. The summed E-state index contributed by atoms with van der Waals surface area (Å²) in [5, 5.41) is 4.85. The van der Waals surface area contributed by atoms with Crippen LogP contribution in [0.2, 0.25) is 0 Å². The maximum Gasteiger partial charge on any atom is 0.225 e. The zero-order chi connectivity index (χ0) is 24.4. The molecular weight excluding hydrogens is 499 g/mol. The predicted octanol–water partition coefficient (Wildman–Crippen LogP) is 5.60. The van der Waals surface area contributed by atoms with E-state index in [-0.39, 0.29) is 24.5 Å². The highest BCUT2D eigenvalue weighted by Crippen LogP contribution is 2.45. The first kappa shape index (κ1) is 24.1. The highest BCUT2D eigenvalue weighted by Gasteiger charge is 2.27. The van der Waals surface area contributed by atoms with Crippen LogP contribution < -0.4 is 5.32 Å². The SMILES string of the molecule is CCN1CCc2c(sc(NC(=O)CCCS(=O)(=O)c3ccccc3)c2-c2nc3ccccc3s2)C1.